The molecule has 0 saturated carbocycles. The predicted molar refractivity (Wildman–Crippen MR) is 118 cm³/mol. The fraction of sp³-hybridized carbons (Fsp3) is 0.435. The minimum atomic E-state index is 0.604. The second-order valence-corrected chi connectivity index (χ2v) is 6.52. The Hall–Kier alpha value is -2.73. The third-order valence-corrected chi connectivity index (χ3v) is 4.41. The monoisotopic (exact) mass is 399 g/mol. The molecule has 29 heavy (non-hydrogen) atoms. The van der Waals surface area contributed by atoms with Gasteiger partial charge < -0.3 is 24.8 Å². The SMILES string of the molecule is CCOCCCNC(=NCc1ccc(OC)cc1)NCCc1ccc(OC)cc1. The van der Waals surface area contributed by atoms with Crippen LogP contribution in [0.15, 0.2) is 53.5 Å². The number of rotatable bonds is 12. The van der Waals surface area contributed by atoms with Gasteiger partial charge >= 0.3 is 0 Å². The van der Waals surface area contributed by atoms with Crippen LogP contribution >= 0.6 is 0 Å². The molecule has 158 valence electrons. The third kappa shape index (κ3) is 8.87. The molecule has 0 fully saturated rings. The van der Waals surface area contributed by atoms with Crippen molar-refractivity contribution in [2.75, 3.05) is 40.5 Å². The Morgan fingerprint density at radius 1 is 0.828 bits per heavy atom. The Bertz CT molecular complexity index is 715. The molecule has 0 aliphatic carbocycles. The van der Waals surface area contributed by atoms with Gasteiger partial charge in [0.25, 0.3) is 0 Å². The second-order valence-electron chi connectivity index (χ2n) is 6.52. The maximum atomic E-state index is 5.40. The molecule has 0 aliphatic rings. The summed E-state index contributed by atoms with van der Waals surface area (Å²) < 4.78 is 15.8. The zero-order valence-electron chi connectivity index (χ0n) is 17.7. The lowest BCUT2D eigenvalue weighted by Crippen LogP contribution is -2.39. The molecule has 2 aromatic carbocycles. The summed E-state index contributed by atoms with van der Waals surface area (Å²) in [6.45, 7) is 5.73. The first-order chi connectivity index (χ1) is 14.2. The van der Waals surface area contributed by atoms with E-state index in [1.54, 1.807) is 14.2 Å². The minimum absolute atomic E-state index is 0.604. The molecule has 0 bridgehead atoms. The van der Waals surface area contributed by atoms with E-state index in [4.69, 9.17) is 19.2 Å². The number of aliphatic imine (C=N–C) groups is 1. The van der Waals surface area contributed by atoms with Crippen molar-refractivity contribution in [3.05, 3.63) is 59.7 Å². The Morgan fingerprint density at radius 2 is 1.41 bits per heavy atom. The first kappa shape index (κ1) is 22.6. The Morgan fingerprint density at radius 3 is 2.00 bits per heavy atom. The van der Waals surface area contributed by atoms with Gasteiger partial charge in [-0.3, -0.25) is 0 Å². The molecule has 0 amide bonds. The highest BCUT2D eigenvalue weighted by Gasteiger charge is 2.01. The van der Waals surface area contributed by atoms with E-state index in [1.165, 1.54) is 5.56 Å². The molecule has 0 radical (unpaired) electrons. The average molecular weight is 400 g/mol. The topological polar surface area (TPSA) is 64.1 Å². The van der Waals surface area contributed by atoms with E-state index in [1.807, 2.05) is 43.3 Å². The van der Waals surface area contributed by atoms with Crippen LogP contribution in [0.2, 0.25) is 0 Å². The van der Waals surface area contributed by atoms with Gasteiger partial charge in [0.2, 0.25) is 0 Å². The zero-order valence-corrected chi connectivity index (χ0v) is 17.7. The molecule has 2 N–H and O–H groups in total. The molecular formula is C23H33N3O3. The number of ether oxygens (including phenoxy) is 3. The van der Waals surface area contributed by atoms with E-state index in [-0.39, 0.29) is 0 Å². The first-order valence-electron chi connectivity index (χ1n) is 10.1. The summed E-state index contributed by atoms with van der Waals surface area (Å²) in [5.74, 6) is 2.54. The van der Waals surface area contributed by atoms with Crippen LogP contribution in [0.4, 0.5) is 0 Å². The number of guanidine groups is 1. The lowest BCUT2D eigenvalue weighted by molar-refractivity contribution is 0.145. The summed E-state index contributed by atoms with van der Waals surface area (Å²) in [6.07, 6.45) is 1.85. The van der Waals surface area contributed by atoms with E-state index in [0.717, 1.165) is 62.2 Å². The maximum Gasteiger partial charge on any atom is 0.191 e. The van der Waals surface area contributed by atoms with Crippen LogP contribution in [-0.2, 0) is 17.7 Å². The molecule has 0 saturated heterocycles. The van der Waals surface area contributed by atoms with Gasteiger partial charge in [-0.15, -0.1) is 0 Å². The summed E-state index contributed by atoms with van der Waals surface area (Å²) >= 11 is 0. The van der Waals surface area contributed by atoms with Crippen molar-refractivity contribution in [3.63, 3.8) is 0 Å². The summed E-state index contributed by atoms with van der Waals surface area (Å²) in [7, 11) is 3.35. The molecule has 0 aliphatic heterocycles. The van der Waals surface area contributed by atoms with E-state index >= 15 is 0 Å². The summed E-state index contributed by atoms with van der Waals surface area (Å²) in [5, 5.41) is 6.81. The fourth-order valence-corrected chi connectivity index (χ4v) is 2.72. The van der Waals surface area contributed by atoms with Crippen LogP contribution in [0.5, 0.6) is 11.5 Å². The van der Waals surface area contributed by atoms with Crippen molar-refractivity contribution in [3.8, 4) is 11.5 Å². The van der Waals surface area contributed by atoms with Gasteiger partial charge in [0.15, 0.2) is 5.96 Å². The van der Waals surface area contributed by atoms with Crippen LogP contribution in [0.1, 0.15) is 24.5 Å². The first-order valence-corrected chi connectivity index (χ1v) is 10.1. The third-order valence-electron chi connectivity index (χ3n) is 4.41. The van der Waals surface area contributed by atoms with Crippen molar-refractivity contribution in [2.45, 2.75) is 26.3 Å². The number of hydrogen-bond donors (Lipinski definition) is 2. The molecule has 6 nitrogen and oxygen atoms in total. The predicted octanol–water partition coefficient (Wildman–Crippen LogP) is 3.41. The standard InChI is InChI=1S/C23H33N3O3/c1-4-29-17-5-15-24-23(26-18-20-8-12-22(28-3)13-9-20)25-16-14-19-6-10-21(27-2)11-7-19/h6-13H,4-5,14-18H2,1-3H3,(H2,24,25,26). The second kappa shape index (κ2) is 13.4. The molecule has 0 heterocycles. The van der Waals surface area contributed by atoms with Crippen molar-refractivity contribution in [2.24, 2.45) is 4.99 Å². The fourth-order valence-electron chi connectivity index (χ4n) is 2.72. The minimum Gasteiger partial charge on any atom is -0.497 e. The van der Waals surface area contributed by atoms with Gasteiger partial charge in [-0.1, -0.05) is 24.3 Å². The van der Waals surface area contributed by atoms with Gasteiger partial charge in [0, 0.05) is 26.3 Å². The van der Waals surface area contributed by atoms with Crippen LogP contribution in [0.3, 0.4) is 0 Å². The van der Waals surface area contributed by atoms with Crippen molar-refractivity contribution >= 4 is 5.96 Å². The van der Waals surface area contributed by atoms with Gasteiger partial charge in [-0.25, -0.2) is 4.99 Å². The van der Waals surface area contributed by atoms with E-state index in [0.29, 0.717) is 6.54 Å². The largest absolute Gasteiger partial charge is 0.497 e. The number of nitrogens with one attached hydrogen (secondary N) is 2. The quantitative estimate of drug-likeness (QED) is 0.325. The lowest BCUT2D eigenvalue weighted by Gasteiger charge is -2.13. The van der Waals surface area contributed by atoms with Gasteiger partial charge in [-0.2, -0.15) is 0 Å². The van der Waals surface area contributed by atoms with Gasteiger partial charge in [-0.05, 0) is 55.2 Å². The van der Waals surface area contributed by atoms with Crippen molar-refractivity contribution in [1.29, 1.82) is 0 Å². The number of methoxy groups -OCH3 is 2. The summed E-state index contributed by atoms with van der Waals surface area (Å²) in [6, 6.07) is 16.1. The Kier molecular flexibility index (Phi) is 10.5. The van der Waals surface area contributed by atoms with E-state index in [9.17, 15) is 0 Å². The van der Waals surface area contributed by atoms with Crippen LogP contribution in [-0.4, -0.2) is 46.5 Å². The molecule has 0 spiro atoms. The highest BCUT2D eigenvalue weighted by molar-refractivity contribution is 5.79. The van der Waals surface area contributed by atoms with Gasteiger partial charge in [0.1, 0.15) is 11.5 Å². The van der Waals surface area contributed by atoms with Gasteiger partial charge in [0.05, 0.1) is 20.8 Å². The van der Waals surface area contributed by atoms with Crippen molar-refractivity contribution < 1.29 is 14.2 Å². The normalized spacial score (nSPS) is 11.2. The van der Waals surface area contributed by atoms with E-state index < -0.39 is 0 Å². The Labute approximate surface area is 174 Å². The molecule has 0 atom stereocenters. The van der Waals surface area contributed by atoms with Crippen molar-refractivity contribution in [1.82, 2.24) is 10.6 Å². The number of benzene rings is 2. The summed E-state index contributed by atoms with van der Waals surface area (Å²) in [4.78, 5) is 4.72. The molecule has 6 heteroatoms. The molecule has 2 rings (SSSR count). The smallest absolute Gasteiger partial charge is 0.191 e. The number of nitrogens with zero attached hydrogens (tertiary/aromatic N) is 1. The highest BCUT2D eigenvalue weighted by atomic mass is 16.5. The van der Waals surface area contributed by atoms with Crippen LogP contribution in [0.25, 0.3) is 0 Å². The summed E-state index contributed by atoms with van der Waals surface area (Å²) in [5.41, 5.74) is 2.39. The molecule has 0 aromatic heterocycles. The Balaban J connectivity index is 1.87. The lowest BCUT2D eigenvalue weighted by atomic mass is 10.1. The van der Waals surface area contributed by atoms with E-state index in [2.05, 4.69) is 22.8 Å². The maximum absolute atomic E-state index is 5.40. The van der Waals surface area contributed by atoms with Crippen LogP contribution < -0.4 is 20.1 Å². The highest BCUT2D eigenvalue weighted by Crippen LogP contribution is 2.12. The molecule has 0 unspecified atom stereocenters. The zero-order chi connectivity index (χ0) is 20.7. The number of hydrogen-bond acceptors (Lipinski definition) is 4. The van der Waals surface area contributed by atoms with Crippen LogP contribution in [0, 0.1) is 0 Å². The average Bonchev–Trinajstić information content (AvgIpc) is 2.77. The molecular weight excluding hydrogens is 366 g/mol. The molecule has 2 aromatic rings.